The van der Waals surface area contributed by atoms with Crippen molar-refractivity contribution in [2.45, 2.75) is 32.9 Å². The van der Waals surface area contributed by atoms with E-state index in [9.17, 15) is 8.78 Å². The van der Waals surface area contributed by atoms with Gasteiger partial charge in [-0.05, 0) is 38.5 Å². The first-order valence-electron chi connectivity index (χ1n) is 5.95. The van der Waals surface area contributed by atoms with Gasteiger partial charge < -0.3 is 5.32 Å². The minimum absolute atomic E-state index is 0.114. The van der Waals surface area contributed by atoms with Crippen LogP contribution in [-0.4, -0.2) is 20.3 Å². The van der Waals surface area contributed by atoms with Crippen molar-refractivity contribution in [3.63, 3.8) is 0 Å². The topological polar surface area (TPSA) is 42.7 Å². The summed E-state index contributed by atoms with van der Waals surface area (Å²) in [7, 11) is 0. The Labute approximate surface area is 110 Å². The smallest absolute Gasteiger partial charge is 0.152 e. The van der Waals surface area contributed by atoms with Gasteiger partial charge >= 0.3 is 0 Å². The molecule has 4 nitrogen and oxygen atoms in total. The van der Waals surface area contributed by atoms with Gasteiger partial charge in [-0.25, -0.2) is 18.4 Å². The maximum absolute atomic E-state index is 13.9. The van der Waals surface area contributed by atoms with Gasteiger partial charge in [0.1, 0.15) is 18.3 Å². The molecule has 0 aliphatic heterocycles. The van der Waals surface area contributed by atoms with Crippen LogP contribution in [-0.2, 0) is 6.54 Å². The van der Waals surface area contributed by atoms with Crippen molar-refractivity contribution >= 4 is 0 Å². The quantitative estimate of drug-likeness (QED) is 0.927. The third-order valence-corrected chi connectivity index (χ3v) is 2.55. The molecule has 1 N–H and O–H groups in total. The molecule has 0 fully saturated rings. The van der Waals surface area contributed by atoms with Crippen molar-refractivity contribution in [3.05, 3.63) is 42.0 Å². The van der Waals surface area contributed by atoms with Gasteiger partial charge in [0.15, 0.2) is 11.6 Å². The Morgan fingerprint density at radius 2 is 1.84 bits per heavy atom. The lowest BCUT2D eigenvalue weighted by Crippen LogP contribution is -2.35. The van der Waals surface area contributed by atoms with Gasteiger partial charge in [0.05, 0.1) is 0 Å². The van der Waals surface area contributed by atoms with E-state index in [-0.39, 0.29) is 11.2 Å². The third kappa shape index (κ3) is 3.35. The van der Waals surface area contributed by atoms with Crippen molar-refractivity contribution in [1.29, 1.82) is 0 Å². The van der Waals surface area contributed by atoms with Crippen molar-refractivity contribution in [1.82, 2.24) is 20.1 Å². The molecular formula is C13H16F2N4. The second-order valence-corrected chi connectivity index (χ2v) is 5.35. The summed E-state index contributed by atoms with van der Waals surface area (Å²) in [6.45, 7) is 6.37. The van der Waals surface area contributed by atoms with Crippen molar-refractivity contribution in [3.8, 4) is 5.69 Å². The molecule has 0 radical (unpaired) electrons. The summed E-state index contributed by atoms with van der Waals surface area (Å²) in [5.41, 5.74) is 0.225. The predicted molar refractivity (Wildman–Crippen MR) is 67.9 cm³/mol. The molecule has 0 saturated heterocycles. The zero-order valence-electron chi connectivity index (χ0n) is 11.1. The molecule has 0 atom stereocenters. The van der Waals surface area contributed by atoms with Crippen LogP contribution in [0.4, 0.5) is 8.78 Å². The molecule has 1 aromatic carbocycles. The van der Waals surface area contributed by atoms with Crippen molar-refractivity contribution in [2.75, 3.05) is 0 Å². The molecule has 102 valence electrons. The van der Waals surface area contributed by atoms with Crippen LogP contribution in [0.3, 0.4) is 0 Å². The molecule has 19 heavy (non-hydrogen) atoms. The van der Waals surface area contributed by atoms with E-state index in [4.69, 9.17) is 0 Å². The number of nitrogens with one attached hydrogen (secondary N) is 1. The van der Waals surface area contributed by atoms with Crippen molar-refractivity contribution in [2.24, 2.45) is 0 Å². The lowest BCUT2D eigenvalue weighted by atomic mass is 10.1. The lowest BCUT2D eigenvalue weighted by Gasteiger charge is -2.20. The average Bonchev–Trinajstić information content (AvgIpc) is 2.78. The number of benzene rings is 1. The zero-order valence-corrected chi connectivity index (χ0v) is 11.1. The molecule has 0 bridgehead atoms. The summed E-state index contributed by atoms with van der Waals surface area (Å²) < 4.78 is 29.0. The lowest BCUT2D eigenvalue weighted by molar-refractivity contribution is 0.422. The highest BCUT2D eigenvalue weighted by Gasteiger charge is 2.15. The normalized spacial score (nSPS) is 11.8. The van der Waals surface area contributed by atoms with Crippen molar-refractivity contribution < 1.29 is 8.78 Å². The Hall–Kier alpha value is -1.82. The van der Waals surface area contributed by atoms with E-state index in [1.54, 1.807) is 0 Å². The highest BCUT2D eigenvalue weighted by Crippen LogP contribution is 2.19. The number of halogens is 2. The molecule has 0 amide bonds. The summed E-state index contributed by atoms with van der Waals surface area (Å²) in [4.78, 5) is 3.68. The highest BCUT2D eigenvalue weighted by molar-refractivity contribution is 5.37. The first kappa shape index (κ1) is 13.6. The minimum atomic E-state index is -0.656. The Morgan fingerprint density at radius 3 is 2.32 bits per heavy atom. The Bertz CT molecular complexity index is 536. The van der Waals surface area contributed by atoms with E-state index in [1.807, 2.05) is 20.8 Å². The molecule has 2 rings (SSSR count). The van der Waals surface area contributed by atoms with Gasteiger partial charge in [-0.1, -0.05) is 0 Å². The molecule has 1 heterocycles. The van der Waals surface area contributed by atoms with Crippen LogP contribution in [0.2, 0.25) is 0 Å². The second kappa shape index (κ2) is 5.05. The fraction of sp³-hybridized carbons (Fsp3) is 0.385. The average molecular weight is 266 g/mol. The van der Waals surface area contributed by atoms with Gasteiger partial charge in [0.2, 0.25) is 0 Å². The van der Waals surface area contributed by atoms with Crippen LogP contribution in [0.15, 0.2) is 24.8 Å². The Morgan fingerprint density at radius 1 is 1.21 bits per heavy atom. The number of hydrogen-bond acceptors (Lipinski definition) is 3. The fourth-order valence-corrected chi connectivity index (χ4v) is 1.63. The largest absolute Gasteiger partial charge is 0.308 e. The monoisotopic (exact) mass is 266 g/mol. The van der Waals surface area contributed by atoms with Gasteiger partial charge in [-0.2, -0.15) is 5.10 Å². The SMILES string of the molecule is CC(C)(C)NCc1cc(F)c(-n2cncn2)c(F)c1. The van der Waals surface area contributed by atoms with Gasteiger partial charge in [0, 0.05) is 12.1 Å². The van der Waals surface area contributed by atoms with Crippen LogP contribution in [0.5, 0.6) is 0 Å². The van der Waals surface area contributed by atoms with E-state index >= 15 is 0 Å². The van der Waals surface area contributed by atoms with E-state index in [0.29, 0.717) is 12.1 Å². The number of hydrogen-bond donors (Lipinski definition) is 1. The van der Waals surface area contributed by atoms with E-state index in [2.05, 4.69) is 15.4 Å². The van der Waals surface area contributed by atoms with Crippen LogP contribution in [0.25, 0.3) is 5.69 Å². The Balaban J connectivity index is 2.27. The molecule has 0 aliphatic rings. The second-order valence-electron chi connectivity index (χ2n) is 5.35. The molecule has 0 unspecified atom stereocenters. The maximum Gasteiger partial charge on any atom is 0.152 e. The molecule has 0 spiro atoms. The van der Waals surface area contributed by atoms with Crippen LogP contribution in [0, 0.1) is 11.6 Å². The van der Waals surface area contributed by atoms with Gasteiger partial charge in [-0.3, -0.25) is 0 Å². The molecule has 0 aliphatic carbocycles. The van der Waals surface area contributed by atoms with Gasteiger partial charge in [0.25, 0.3) is 0 Å². The Kier molecular flexibility index (Phi) is 3.61. The minimum Gasteiger partial charge on any atom is -0.308 e. The highest BCUT2D eigenvalue weighted by atomic mass is 19.1. The first-order valence-corrected chi connectivity index (χ1v) is 5.95. The molecule has 0 saturated carbocycles. The molecule has 1 aromatic heterocycles. The van der Waals surface area contributed by atoms with E-state index in [0.717, 1.165) is 4.68 Å². The van der Waals surface area contributed by atoms with E-state index < -0.39 is 11.6 Å². The summed E-state index contributed by atoms with van der Waals surface area (Å²) in [5, 5.41) is 6.91. The number of aromatic nitrogens is 3. The summed E-state index contributed by atoms with van der Waals surface area (Å²) in [6, 6.07) is 2.61. The third-order valence-electron chi connectivity index (χ3n) is 2.55. The fourth-order valence-electron chi connectivity index (χ4n) is 1.63. The van der Waals surface area contributed by atoms with Crippen LogP contribution < -0.4 is 5.32 Å². The summed E-state index contributed by atoms with van der Waals surface area (Å²) in [6.07, 6.45) is 2.49. The number of rotatable bonds is 3. The molecular weight excluding hydrogens is 250 g/mol. The van der Waals surface area contributed by atoms with Gasteiger partial charge in [-0.15, -0.1) is 0 Å². The maximum atomic E-state index is 13.9. The van der Waals surface area contributed by atoms with Crippen LogP contribution >= 0.6 is 0 Å². The zero-order chi connectivity index (χ0) is 14.0. The first-order chi connectivity index (χ1) is 8.87. The number of nitrogens with zero attached hydrogens (tertiary/aromatic N) is 3. The van der Waals surface area contributed by atoms with E-state index in [1.165, 1.54) is 24.8 Å². The predicted octanol–water partition coefficient (Wildman–Crippen LogP) is 2.43. The molecule has 2 aromatic rings. The summed E-state index contributed by atoms with van der Waals surface area (Å²) in [5.74, 6) is -1.31. The summed E-state index contributed by atoms with van der Waals surface area (Å²) >= 11 is 0. The van der Waals surface area contributed by atoms with Crippen LogP contribution in [0.1, 0.15) is 26.3 Å². The standard InChI is InChI=1S/C13H16F2N4/c1-13(2,3)17-6-9-4-10(14)12(11(15)5-9)19-8-16-7-18-19/h4-5,7-8,17H,6H2,1-3H3. The molecule has 6 heteroatoms.